The summed E-state index contributed by atoms with van der Waals surface area (Å²) in [5.41, 5.74) is 4.59. The Balaban J connectivity index is 1.20. The van der Waals surface area contributed by atoms with Crippen LogP contribution in [-0.2, 0) is 9.47 Å². The highest BCUT2D eigenvalue weighted by Crippen LogP contribution is 2.49. The van der Waals surface area contributed by atoms with Gasteiger partial charge in [0.2, 0.25) is 5.88 Å². The van der Waals surface area contributed by atoms with E-state index < -0.39 is 31.4 Å². The number of carbonyl (C=O) groups excluding carboxylic acids is 1. The van der Waals surface area contributed by atoms with Gasteiger partial charge in [-0.3, -0.25) is 9.80 Å². The van der Waals surface area contributed by atoms with Crippen molar-refractivity contribution in [3.8, 4) is 34.6 Å². The van der Waals surface area contributed by atoms with Crippen LogP contribution in [0.25, 0.3) is 32.9 Å². The molecule has 9 rings (SSSR count). The lowest BCUT2D eigenvalue weighted by molar-refractivity contribution is 0.000936. The number of hydrogen-bond acceptors (Lipinski definition) is 10. The van der Waals surface area contributed by atoms with E-state index in [4.69, 9.17) is 33.9 Å². The van der Waals surface area contributed by atoms with E-state index in [1.807, 2.05) is 44.7 Å². The molecule has 4 fully saturated rings. The van der Waals surface area contributed by atoms with Gasteiger partial charge < -0.3 is 23.8 Å². The first-order chi connectivity index (χ1) is 30.4. The summed E-state index contributed by atoms with van der Waals surface area (Å²) in [6.07, 6.45) is 2.67. The van der Waals surface area contributed by atoms with Gasteiger partial charge in [0.1, 0.15) is 48.0 Å². The number of rotatable bonds is 9. The molecule has 4 aromatic rings. The molecule has 14 heteroatoms. The first kappa shape index (κ1) is 44.6. The number of halogens is 2. The minimum atomic E-state index is -2.29. The molecule has 4 atom stereocenters. The number of aromatic nitrogens is 3. The maximum atomic E-state index is 18.0. The fourth-order valence-corrected chi connectivity index (χ4v) is 16.7. The van der Waals surface area contributed by atoms with Crippen LogP contribution >= 0.6 is 0 Å². The molecule has 64 heavy (non-hydrogen) atoms. The molecule has 0 unspecified atom stereocenters. The molecule has 6 heterocycles. The summed E-state index contributed by atoms with van der Waals surface area (Å²) in [5.74, 6) is 2.86. The summed E-state index contributed by atoms with van der Waals surface area (Å²) < 4.78 is 59.3. The quantitative estimate of drug-likeness (QED) is 0.119. The van der Waals surface area contributed by atoms with Crippen molar-refractivity contribution in [3.05, 3.63) is 47.5 Å². The molecular weight excluding hydrogens is 831 g/mol. The van der Waals surface area contributed by atoms with Crippen molar-refractivity contribution in [2.24, 2.45) is 5.41 Å². The van der Waals surface area contributed by atoms with E-state index in [-0.39, 0.29) is 58.3 Å². The molecule has 11 nitrogen and oxygen atoms in total. The number of pyridine rings is 1. The van der Waals surface area contributed by atoms with Crippen LogP contribution in [0, 0.1) is 28.5 Å². The fraction of sp³-hybridized carbons (Fsp3) is 0.600. The first-order valence-electron chi connectivity index (χ1n) is 23.4. The number of nitrogens with zero attached hydrogens (tertiary/aromatic N) is 6. The minimum Gasteiger partial charge on any atom is -0.472 e. The van der Waals surface area contributed by atoms with Crippen LogP contribution in [0.15, 0.2) is 30.3 Å². The lowest BCUT2D eigenvalue weighted by atomic mass is 9.96. The van der Waals surface area contributed by atoms with Gasteiger partial charge in [-0.05, 0) is 81.5 Å². The van der Waals surface area contributed by atoms with Gasteiger partial charge >= 0.3 is 12.1 Å². The fourth-order valence-electron chi connectivity index (χ4n) is 11.5. The van der Waals surface area contributed by atoms with Crippen molar-refractivity contribution < 1.29 is 32.5 Å². The maximum absolute atomic E-state index is 18.0. The average molecular weight is 895 g/mol. The SMILES string of the molecule is CC(C)[Si](C#Cc1c(F)ccc2cccc(-c3nc4c5c(nc(OCC6(CN7CCOCC7)CC6)nc5c3F)N3C[C@H]5CC[C@@H]([C@H]3[C@H](C)O4)N5C(=O)OC(C)(C)C)c12)(C(C)C)C(C)C. The van der Waals surface area contributed by atoms with E-state index in [1.165, 1.54) is 6.07 Å². The predicted molar refractivity (Wildman–Crippen MR) is 249 cm³/mol. The van der Waals surface area contributed by atoms with E-state index in [0.29, 0.717) is 70.5 Å². The lowest BCUT2D eigenvalue weighted by Crippen LogP contribution is -2.65. The summed E-state index contributed by atoms with van der Waals surface area (Å²) in [7, 11) is -2.29. The van der Waals surface area contributed by atoms with Gasteiger partial charge in [-0.25, -0.2) is 18.6 Å². The zero-order chi connectivity index (χ0) is 45.5. The van der Waals surface area contributed by atoms with Gasteiger partial charge in [-0.15, -0.1) is 5.54 Å². The van der Waals surface area contributed by atoms with Crippen molar-refractivity contribution in [2.75, 3.05) is 50.9 Å². The Morgan fingerprint density at radius 3 is 2.36 bits per heavy atom. The average Bonchev–Trinajstić information content (AvgIpc) is 3.95. The highest BCUT2D eigenvalue weighted by molar-refractivity contribution is 6.90. The normalized spacial score (nSPS) is 23.0. The van der Waals surface area contributed by atoms with Crippen molar-refractivity contribution in [1.82, 2.24) is 24.8 Å². The number of carbonyl (C=O) groups is 1. The number of ether oxygens (including phenoxy) is 4. The van der Waals surface area contributed by atoms with E-state index in [0.717, 1.165) is 45.3 Å². The molecule has 4 aliphatic heterocycles. The molecule has 0 N–H and O–H groups in total. The van der Waals surface area contributed by atoms with E-state index >= 15 is 8.78 Å². The standard InChI is InChI=1S/C50H64F2N6O5Si/c1-29(2)64(30(3)4,31(5)6)25-18-35-37(51)16-14-33-12-11-13-36(39(33)35)42-41(52)43-40-45(55-47(54-43)61-28-50(19-20-50)27-56-21-23-60-24-22-56)57-26-34-15-17-38(44(57)32(7)62-46(40)53-42)58(34)48(59)63-49(8,9)10/h11-14,16,29-32,34,38,44H,15,17,19-24,26-28H2,1-10H3/t32-,34+,38-,44+/m0/s1. The minimum absolute atomic E-state index is 0.0136. The van der Waals surface area contributed by atoms with Crippen LogP contribution in [0.5, 0.6) is 11.9 Å². The largest absolute Gasteiger partial charge is 0.472 e. The number of hydrogen-bond donors (Lipinski definition) is 0. The zero-order valence-corrected chi connectivity index (χ0v) is 40.2. The molecule has 3 saturated heterocycles. The lowest BCUT2D eigenvalue weighted by Gasteiger charge is -2.48. The van der Waals surface area contributed by atoms with Gasteiger partial charge in [0.05, 0.1) is 43.5 Å². The van der Waals surface area contributed by atoms with Gasteiger partial charge in [0.25, 0.3) is 0 Å². The van der Waals surface area contributed by atoms with E-state index in [9.17, 15) is 4.79 Å². The third-order valence-electron chi connectivity index (χ3n) is 14.7. The third-order valence-corrected chi connectivity index (χ3v) is 21.0. The highest BCUT2D eigenvalue weighted by atomic mass is 28.3. The highest BCUT2D eigenvalue weighted by Gasteiger charge is 2.54. The Bertz CT molecular complexity index is 2500. The molecule has 2 aromatic carbocycles. The Morgan fingerprint density at radius 2 is 1.69 bits per heavy atom. The molecule has 0 radical (unpaired) electrons. The Hall–Kier alpha value is -4.58. The molecule has 0 spiro atoms. The van der Waals surface area contributed by atoms with Gasteiger partial charge in [-0.2, -0.15) is 9.97 Å². The molecule has 1 saturated carbocycles. The number of fused-ring (bicyclic) bond motifs is 6. The summed E-state index contributed by atoms with van der Waals surface area (Å²) in [6, 6.07) is 7.95. The zero-order valence-electron chi connectivity index (χ0n) is 39.2. The van der Waals surface area contributed by atoms with Crippen molar-refractivity contribution in [3.63, 3.8) is 0 Å². The summed E-state index contributed by atoms with van der Waals surface area (Å²) in [6.45, 7) is 25.8. The van der Waals surface area contributed by atoms with Gasteiger partial charge in [0.15, 0.2) is 5.82 Å². The Morgan fingerprint density at radius 1 is 0.969 bits per heavy atom. The second-order valence-electron chi connectivity index (χ2n) is 20.9. The number of amides is 1. The van der Waals surface area contributed by atoms with Gasteiger partial charge in [-0.1, -0.05) is 71.7 Å². The molecule has 2 bridgehead atoms. The van der Waals surface area contributed by atoms with Gasteiger partial charge in [0, 0.05) is 42.5 Å². The van der Waals surface area contributed by atoms with E-state index in [1.54, 1.807) is 12.1 Å². The van der Waals surface area contributed by atoms with Crippen molar-refractivity contribution in [2.45, 2.75) is 141 Å². The first-order valence-corrected chi connectivity index (χ1v) is 25.7. The van der Waals surface area contributed by atoms with Crippen LogP contribution in [0.1, 0.15) is 100 Å². The van der Waals surface area contributed by atoms with Crippen molar-refractivity contribution in [1.29, 1.82) is 0 Å². The second-order valence-corrected chi connectivity index (χ2v) is 26.5. The van der Waals surface area contributed by atoms with Crippen LogP contribution in [0.2, 0.25) is 16.6 Å². The molecule has 342 valence electrons. The second kappa shape index (κ2) is 16.7. The maximum Gasteiger partial charge on any atom is 0.410 e. The smallest absolute Gasteiger partial charge is 0.410 e. The summed E-state index contributed by atoms with van der Waals surface area (Å²) in [5, 5.41) is 1.55. The topological polar surface area (TPSA) is 102 Å². The monoisotopic (exact) mass is 894 g/mol. The number of benzene rings is 2. The number of morpholine rings is 1. The summed E-state index contributed by atoms with van der Waals surface area (Å²) in [4.78, 5) is 35.3. The summed E-state index contributed by atoms with van der Waals surface area (Å²) >= 11 is 0. The van der Waals surface area contributed by atoms with Crippen LogP contribution in [0.3, 0.4) is 0 Å². The molecular formula is C50H64F2N6O5Si. The third kappa shape index (κ3) is 7.87. The number of anilines is 1. The van der Waals surface area contributed by atoms with Crippen LogP contribution in [0.4, 0.5) is 19.4 Å². The van der Waals surface area contributed by atoms with E-state index in [2.05, 4.69) is 62.8 Å². The number of piperazine rings is 1. The molecule has 1 amide bonds. The van der Waals surface area contributed by atoms with Crippen LogP contribution < -0.4 is 14.4 Å². The Labute approximate surface area is 377 Å². The molecule has 1 aliphatic carbocycles. The molecule has 2 aromatic heterocycles. The molecule has 5 aliphatic rings. The van der Waals surface area contributed by atoms with Crippen molar-refractivity contribution >= 4 is 41.7 Å². The van der Waals surface area contributed by atoms with Crippen LogP contribution in [-0.4, -0.2) is 115 Å². The predicted octanol–water partition coefficient (Wildman–Crippen LogP) is 9.92. The Kier molecular flexibility index (Phi) is 11.6.